The molecular formula is C12H16O2. The Bertz CT molecular complexity index is 320. The van der Waals surface area contributed by atoms with Crippen LogP contribution in [-0.2, 0) is 9.53 Å². The lowest BCUT2D eigenvalue weighted by Gasteiger charge is -2.33. The molecule has 0 aromatic carbocycles. The lowest BCUT2D eigenvalue weighted by molar-refractivity contribution is -0.117. The molecule has 0 aliphatic heterocycles. The molecule has 0 N–H and O–H groups in total. The van der Waals surface area contributed by atoms with Crippen LogP contribution in [0.5, 0.6) is 0 Å². The summed E-state index contributed by atoms with van der Waals surface area (Å²) in [5.41, 5.74) is 1.40. The number of methoxy groups -OCH3 is 1. The Labute approximate surface area is 85.3 Å². The van der Waals surface area contributed by atoms with Crippen molar-refractivity contribution in [1.82, 2.24) is 0 Å². The smallest absolute Gasteiger partial charge is 0.159 e. The van der Waals surface area contributed by atoms with Crippen molar-refractivity contribution in [2.45, 2.75) is 26.7 Å². The van der Waals surface area contributed by atoms with Crippen LogP contribution in [0.2, 0.25) is 0 Å². The number of allylic oxidation sites excluding steroid dienone is 1. The zero-order chi connectivity index (χ0) is 10.8. The zero-order valence-electron chi connectivity index (χ0n) is 9.02. The molecule has 0 aromatic heterocycles. The molecule has 0 aromatic rings. The van der Waals surface area contributed by atoms with Crippen molar-refractivity contribution >= 4 is 5.78 Å². The molecule has 0 unspecified atom stereocenters. The van der Waals surface area contributed by atoms with E-state index in [9.17, 15) is 4.79 Å². The quantitative estimate of drug-likeness (QED) is 0.625. The second-order valence-corrected chi connectivity index (χ2v) is 4.06. The Balaban J connectivity index is 3.12. The molecule has 76 valence electrons. The standard InChI is InChI=1S/C12H16O2/c1-5-10-9(2)11(13)6-7-12(10,3)8-14-4/h1H,6-8H2,2-4H3/t12-/m0/s1. The fourth-order valence-corrected chi connectivity index (χ4v) is 2.04. The van der Waals surface area contributed by atoms with Crippen molar-refractivity contribution < 1.29 is 9.53 Å². The van der Waals surface area contributed by atoms with Gasteiger partial charge in [-0.15, -0.1) is 6.42 Å². The van der Waals surface area contributed by atoms with E-state index in [0.717, 1.165) is 17.6 Å². The Hall–Kier alpha value is -1.07. The summed E-state index contributed by atoms with van der Waals surface area (Å²) in [6.07, 6.45) is 6.81. The van der Waals surface area contributed by atoms with Crippen LogP contribution in [-0.4, -0.2) is 19.5 Å². The van der Waals surface area contributed by atoms with Crippen molar-refractivity contribution in [3.05, 3.63) is 11.1 Å². The minimum atomic E-state index is -0.151. The molecule has 14 heavy (non-hydrogen) atoms. The number of Topliss-reactive ketones (excluding diaryl/α,β-unsaturated/α-hetero) is 1. The van der Waals surface area contributed by atoms with Crippen molar-refractivity contribution in [2.75, 3.05) is 13.7 Å². The first-order valence-corrected chi connectivity index (χ1v) is 4.75. The van der Waals surface area contributed by atoms with E-state index in [1.165, 1.54) is 0 Å². The van der Waals surface area contributed by atoms with E-state index in [2.05, 4.69) is 12.8 Å². The molecule has 1 rings (SSSR count). The van der Waals surface area contributed by atoms with Crippen LogP contribution < -0.4 is 0 Å². The molecule has 2 heteroatoms. The summed E-state index contributed by atoms with van der Waals surface area (Å²) >= 11 is 0. The van der Waals surface area contributed by atoms with E-state index in [4.69, 9.17) is 11.2 Å². The van der Waals surface area contributed by atoms with Gasteiger partial charge in [0.15, 0.2) is 5.78 Å². The van der Waals surface area contributed by atoms with Gasteiger partial charge in [0.2, 0.25) is 0 Å². The summed E-state index contributed by atoms with van der Waals surface area (Å²) in [5.74, 6) is 2.81. The molecule has 0 radical (unpaired) electrons. The number of hydrogen-bond donors (Lipinski definition) is 0. The Morgan fingerprint density at radius 3 is 2.79 bits per heavy atom. The van der Waals surface area contributed by atoms with Gasteiger partial charge in [0.1, 0.15) is 0 Å². The van der Waals surface area contributed by atoms with E-state index in [-0.39, 0.29) is 11.2 Å². The third-order valence-corrected chi connectivity index (χ3v) is 2.91. The molecule has 1 atom stereocenters. The summed E-state index contributed by atoms with van der Waals surface area (Å²) in [5, 5.41) is 0. The van der Waals surface area contributed by atoms with Crippen molar-refractivity contribution in [3.8, 4) is 12.3 Å². The molecule has 1 aliphatic carbocycles. The van der Waals surface area contributed by atoms with Gasteiger partial charge in [-0.25, -0.2) is 0 Å². The van der Waals surface area contributed by atoms with Gasteiger partial charge in [-0.2, -0.15) is 0 Å². The zero-order valence-corrected chi connectivity index (χ0v) is 9.02. The molecule has 0 saturated carbocycles. The van der Waals surface area contributed by atoms with E-state index >= 15 is 0 Å². The third-order valence-electron chi connectivity index (χ3n) is 2.91. The van der Waals surface area contributed by atoms with Gasteiger partial charge >= 0.3 is 0 Å². The topological polar surface area (TPSA) is 26.3 Å². The Morgan fingerprint density at radius 2 is 2.29 bits per heavy atom. The van der Waals surface area contributed by atoms with Gasteiger partial charge in [0, 0.05) is 30.1 Å². The summed E-state index contributed by atoms with van der Waals surface area (Å²) in [6.45, 7) is 4.45. The van der Waals surface area contributed by atoms with Gasteiger partial charge in [-0.1, -0.05) is 12.8 Å². The maximum atomic E-state index is 11.5. The number of ether oxygens (including phenoxy) is 1. The highest BCUT2D eigenvalue weighted by Gasteiger charge is 2.35. The van der Waals surface area contributed by atoms with Crippen molar-refractivity contribution in [3.63, 3.8) is 0 Å². The largest absolute Gasteiger partial charge is 0.384 e. The fraction of sp³-hybridized carbons (Fsp3) is 0.583. The third kappa shape index (κ3) is 1.73. The van der Waals surface area contributed by atoms with Crippen LogP contribution >= 0.6 is 0 Å². The van der Waals surface area contributed by atoms with Crippen LogP contribution in [0.15, 0.2) is 11.1 Å². The first kappa shape index (κ1) is 11.0. The SMILES string of the molecule is C#CC1=C(C)C(=O)CC[C@@]1(C)COC. The van der Waals surface area contributed by atoms with Gasteiger partial charge < -0.3 is 4.74 Å². The maximum Gasteiger partial charge on any atom is 0.159 e. The first-order chi connectivity index (χ1) is 6.55. The molecule has 1 aliphatic rings. The molecule has 0 spiro atoms. The molecule has 0 bridgehead atoms. The number of ketones is 1. The van der Waals surface area contributed by atoms with Gasteiger partial charge in [-0.3, -0.25) is 4.79 Å². The van der Waals surface area contributed by atoms with E-state index in [1.807, 2.05) is 6.92 Å². The fourth-order valence-electron chi connectivity index (χ4n) is 2.04. The number of terminal acetylenes is 1. The summed E-state index contributed by atoms with van der Waals surface area (Å²) in [6, 6.07) is 0. The summed E-state index contributed by atoms with van der Waals surface area (Å²) in [7, 11) is 1.66. The van der Waals surface area contributed by atoms with Crippen LogP contribution in [0.4, 0.5) is 0 Å². The molecule has 2 nitrogen and oxygen atoms in total. The van der Waals surface area contributed by atoms with Gasteiger partial charge in [0.25, 0.3) is 0 Å². The van der Waals surface area contributed by atoms with E-state index in [1.54, 1.807) is 7.11 Å². The number of carbonyl (C=O) groups excluding carboxylic acids is 1. The van der Waals surface area contributed by atoms with Crippen LogP contribution in [0.3, 0.4) is 0 Å². The maximum absolute atomic E-state index is 11.5. The molecule has 0 fully saturated rings. The average molecular weight is 192 g/mol. The minimum absolute atomic E-state index is 0.151. The molecular weight excluding hydrogens is 176 g/mol. The van der Waals surface area contributed by atoms with Crippen LogP contribution in [0.1, 0.15) is 26.7 Å². The highest BCUT2D eigenvalue weighted by atomic mass is 16.5. The number of rotatable bonds is 2. The lowest BCUT2D eigenvalue weighted by atomic mass is 9.72. The van der Waals surface area contributed by atoms with Gasteiger partial charge in [-0.05, 0) is 13.3 Å². The Kier molecular flexibility index (Phi) is 3.13. The highest BCUT2D eigenvalue weighted by Crippen LogP contribution is 2.38. The minimum Gasteiger partial charge on any atom is -0.384 e. The normalized spacial score (nSPS) is 27.7. The van der Waals surface area contributed by atoms with Crippen molar-refractivity contribution in [2.24, 2.45) is 5.41 Å². The highest BCUT2D eigenvalue weighted by molar-refractivity contribution is 5.97. The number of hydrogen-bond acceptors (Lipinski definition) is 2. The van der Waals surface area contributed by atoms with Crippen LogP contribution in [0, 0.1) is 17.8 Å². The molecule has 0 heterocycles. The average Bonchev–Trinajstić information content (AvgIpc) is 2.14. The Morgan fingerprint density at radius 1 is 1.64 bits per heavy atom. The van der Waals surface area contributed by atoms with Crippen molar-refractivity contribution in [1.29, 1.82) is 0 Å². The second kappa shape index (κ2) is 3.98. The summed E-state index contributed by atoms with van der Waals surface area (Å²) in [4.78, 5) is 11.5. The monoisotopic (exact) mass is 192 g/mol. The van der Waals surface area contributed by atoms with E-state index < -0.39 is 0 Å². The number of carbonyl (C=O) groups is 1. The van der Waals surface area contributed by atoms with Gasteiger partial charge in [0.05, 0.1) is 6.61 Å². The van der Waals surface area contributed by atoms with Crippen LogP contribution in [0.25, 0.3) is 0 Å². The first-order valence-electron chi connectivity index (χ1n) is 4.75. The molecule has 0 saturated heterocycles. The second-order valence-electron chi connectivity index (χ2n) is 4.06. The predicted molar refractivity (Wildman–Crippen MR) is 55.8 cm³/mol. The predicted octanol–water partition coefficient (Wildman–Crippen LogP) is 1.95. The lowest BCUT2D eigenvalue weighted by Crippen LogP contribution is -2.31. The summed E-state index contributed by atoms with van der Waals surface area (Å²) < 4.78 is 5.16. The molecule has 0 amide bonds. The van der Waals surface area contributed by atoms with E-state index in [0.29, 0.717) is 13.0 Å².